The molecule has 1 aliphatic carbocycles. The molecule has 26 heavy (non-hydrogen) atoms. The molecule has 1 fully saturated rings. The lowest BCUT2D eigenvalue weighted by Crippen LogP contribution is -2.33. The second kappa shape index (κ2) is 6.63. The average Bonchev–Trinajstić information content (AvgIpc) is 2.97. The number of hydrogen-bond donors (Lipinski definition) is 0. The topological polar surface area (TPSA) is 72.9 Å². The average molecular weight is 351 g/mol. The molecule has 1 saturated heterocycles. The van der Waals surface area contributed by atoms with Gasteiger partial charge in [-0.1, -0.05) is 53.6 Å². The maximum Gasteiger partial charge on any atom is 0.533 e. The van der Waals surface area contributed by atoms with Gasteiger partial charge < -0.3 is 4.74 Å². The van der Waals surface area contributed by atoms with E-state index in [1.54, 1.807) is 0 Å². The van der Waals surface area contributed by atoms with Crippen molar-refractivity contribution in [3.05, 3.63) is 70.8 Å². The number of fused-ring (bicyclic) bond motifs is 2. The van der Waals surface area contributed by atoms with Gasteiger partial charge in [-0.2, -0.15) is 0 Å². The zero-order valence-electron chi connectivity index (χ0n) is 14.0. The number of imide groups is 1. The molecule has 2 aliphatic rings. The van der Waals surface area contributed by atoms with Crippen molar-refractivity contribution in [1.29, 1.82) is 0 Å². The van der Waals surface area contributed by atoms with Gasteiger partial charge in [-0.25, -0.2) is 4.79 Å². The van der Waals surface area contributed by atoms with Gasteiger partial charge >= 0.3 is 6.16 Å². The van der Waals surface area contributed by atoms with Crippen LogP contribution in [0.3, 0.4) is 0 Å². The van der Waals surface area contributed by atoms with Crippen molar-refractivity contribution >= 4 is 18.0 Å². The number of hydrogen-bond acceptors (Lipinski definition) is 5. The van der Waals surface area contributed by atoms with Gasteiger partial charge in [0.25, 0.3) is 11.8 Å². The highest BCUT2D eigenvalue weighted by Gasteiger charge is 2.34. The lowest BCUT2D eigenvalue weighted by molar-refractivity contribution is -0.177. The second-order valence-electron chi connectivity index (χ2n) is 6.36. The first-order chi connectivity index (χ1) is 12.6. The first-order valence-corrected chi connectivity index (χ1v) is 8.49. The standard InChI is InChI=1S/C20H17NO5/c22-18-9-10-19(23)21(18)26-20(24)25-12-17-15-7-3-1-5-13(15)11-14-6-2-4-8-16(14)17/h1-8,17H,9-12H2. The quantitative estimate of drug-likeness (QED) is 0.628. The van der Waals surface area contributed by atoms with Crippen LogP contribution in [0.5, 0.6) is 0 Å². The third-order valence-electron chi connectivity index (χ3n) is 4.78. The van der Waals surface area contributed by atoms with Crippen molar-refractivity contribution < 1.29 is 24.0 Å². The van der Waals surface area contributed by atoms with E-state index in [4.69, 9.17) is 9.57 Å². The van der Waals surface area contributed by atoms with Crippen molar-refractivity contribution in [2.75, 3.05) is 6.61 Å². The molecule has 4 rings (SSSR count). The molecule has 0 N–H and O–H groups in total. The molecular weight excluding hydrogens is 334 g/mol. The van der Waals surface area contributed by atoms with Crippen LogP contribution in [0.2, 0.25) is 0 Å². The Morgan fingerprint density at radius 1 is 0.923 bits per heavy atom. The maximum absolute atomic E-state index is 12.0. The molecule has 2 aromatic rings. The van der Waals surface area contributed by atoms with Crippen LogP contribution >= 0.6 is 0 Å². The fraction of sp³-hybridized carbons (Fsp3) is 0.250. The van der Waals surface area contributed by atoms with E-state index in [0.717, 1.165) is 17.5 Å². The molecule has 0 atom stereocenters. The van der Waals surface area contributed by atoms with Crippen LogP contribution in [-0.4, -0.2) is 29.6 Å². The van der Waals surface area contributed by atoms with Gasteiger partial charge in [0.05, 0.1) is 0 Å². The first kappa shape index (κ1) is 16.3. The molecule has 6 nitrogen and oxygen atoms in total. The summed E-state index contributed by atoms with van der Waals surface area (Å²) in [6, 6.07) is 16.1. The maximum atomic E-state index is 12.0. The Bertz CT molecular complexity index is 830. The minimum atomic E-state index is -1.05. The minimum Gasteiger partial charge on any atom is -0.432 e. The fourth-order valence-electron chi connectivity index (χ4n) is 3.53. The largest absolute Gasteiger partial charge is 0.533 e. The monoisotopic (exact) mass is 351 g/mol. The zero-order chi connectivity index (χ0) is 18.1. The van der Waals surface area contributed by atoms with Crippen LogP contribution in [0.1, 0.15) is 41.0 Å². The van der Waals surface area contributed by atoms with E-state index in [2.05, 4.69) is 12.1 Å². The molecule has 0 bridgehead atoms. The summed E-state index contributed by atoms with van der Waals surface area (Å²) in [5.74, 6) is -1.17. The summed E-state index contributed by atoms with van der Waals surface area (Å²) in [4.78, 5) is 39.8. The van der Waals surface area contributed by atoms with Gasteiger partial charge in [-0.05, 0) is 28.7 Å². The molecule has 1 aliphatic heterocycles. The third-order valence-corrected chi connectivity index (χ3v) is 4.78. The summed E-state index contributed by atoms with van der Waals surface area (Å²) in [5, 5.41) is 0.491. The summed E-state index contributed by atoms with van der Waals surface area (Å²) in [7, 11) is 0. The molecular formula is C20H17NO5. The highest BCUT2D eigenvalue weighted by Crippen LogP contribution is 2.36. The number of ether oxygens (including phenoxy) is 1. The zero-order valence-corrected chi connectivity index (χ0v) is 14.0. The van der Waals surface area contributed by atoms with E-state index in [-0.39, 0.29) is 25.4 Å². The molecule has 6 heteroatoms. The fourth-order valence-corrected chi connectivity index (χ4v) is 3.53. The molecule has 0 unspecified atom stereocenters. The van der Waals surface area contributed by atoms with Gasteiger partial charge in [-0.3, -0.25) is 14.4 Å². The van der Waals surface area contributed by atoms with Gasteiger partial charge in [-0.15, -0.1) is 0 Å². The predicted octanol–water partition coefficient (Wildman–Crippen LogP) is 2.94. The van der Waals surface area contributed by atoms with Crippen LogP contribution in [0, 0.1) is 0 Å². The molecule has 1 heterocycles. The summed E-state index contributed by atoms with van der Waals surface area (Å²) in [5.41, 5.74) is 4.59. The van der Waals surface area contributed by atoms with E-state index in [1.165, 1.54) is 11.1 Å². The third kappa shape index (κ3) is 2.94. The van der Waals surface area contributed by atoms with E-state index in [9.17, 15) is 14.4 Å². The van der Waals surface area contributed by atoms with E-state index >= 15 is 0 Å². The van der Waals surface area contributed by atoms with E-state index < -0.39 is 18.0 Å². The molecule has 0 aromatic heterocycles. The Morgan fingerprint density at radius 3 is 2.04 bits per heavy atom. The van der Waals surface area contributed by atoms with Crippen LogP contribution < -0.4 is 0 Å². The summed E-state index contributed by atoms with van der Waals surface area (Å²) >= 11 is 0. The number of carbonyl (C=O) groups excluding carboxylic acids is 3. The van der Waals surface area contributed by atoms with Crippen LogP contribution in [0.4, 0.5) is 4.79 Å². The van der Waals surface area contributed by atoms with Gasteiger partial charge in [0, 0.05) is 18.8 Å². The number of nitrogens with zero attached hydrogens (tertiary/aromatic N) is 1. The Morgan fingerprint density at radius 2 is 1.46 bits per heavy atom. The van der Waals surface area contributed by atoms with Crippen molar-refractivity contribution in [2.45, 2.75) is 25.2 Å². The highest BCUT2D eigenvalue weighted by molar-refractivity contribution is 6.01. The molecule has 2 aromatic carbocycles. The Kier molecular flexibility index (Phi) is 4.16. The second-order valence-corrected chi connectivity index (χ2v) is 6.36. The summed E-state index contributed by atoms with van der Waals surface area (Å²) in [6.07, 6.45) is -0.108. The molecule has 0 radical (unpaired) electrons. The van der Waals surface area contributed by atoms with Crippen LogP contribution in [-0.2, 0) is 25.6 Å². The molecule has 0 spiro atoms. The van der Waals surface area contributed by atoms with Gasteiger partial charge in [0.1, 0.15) is 6.61 Å². The number of amides is 2. The smallest absolute Gasteiger partial charge is 0.432 e. The summed E-state index contributed by atoms with van der Waals surface area (Å²) in [6.45, 7) is 0.0725. The lowest BCUT2D eigenvalue weighted by atomic mass is 9.78. The van der Waals surface area contributed by atoms with Crippen molar-refractivity contribution in [2.24, 2.45) is 0 Å². The lowest BCUT2D eigenvalue weighted by Gasteiger charge is -2.28. The molecule has 0 saturated carbocycles. The van der Waals surface area contributed by atoms with Crippen molar-refractivity contribution in [1.82, 2.24) is 5.06 Å². The van der Waals surface area contributed by atoms with Crippen molar-refractivity contribution in [3.63, 3.8) is 0 Å². The molecule has 2 amide bonds. The Balaban J connectivity index is 1.50. The van der Waals surface area contributed by atoms with E-state index in [1.807, 2.05) is 36.4 Å². The van der Waals surface area contributed by atoms with Gasteiger partial charge in [0.2, 0.25) is 0 Å². The number of hydroxylamine groups is 2. The number of carbonyl (C=O) groups is 3. The number of rotatable bonds is 3. The first-order valence-electron chi connectivity index (χ1n) is 8.49. The SMILES string of the molecule is O=C(OCC1c2ccccc2Cc2ccccc21)ON1C(=O)CCC1=O. The van der Waals surface area contributed by atoms with Crippen molar-refractivity contribution in [3.8, 4) is 0 Å². The molecule has 132 valence electrons. The van der Waals surface area contributed by atoms with Crippen LogP contribution in [0.25, 0.3) is 0 Å². The minimum absolute atomic E-state index is 0.0511. The number of benzene rings is 2. The van der Waals surface area contributed by atoms with Crippen LogP contribution in [0.15, 0.2) is 48.5 Å². The Hall–Kier alpha value is -3.15. The van der Waals surface area contributed by atoms with Gasteiger partial charge in [0.15, 0.2) is 0 Å². The van der Waals surface area contributed by atoms with E-state index in [0.29, 0.717) is 5.06 Å². The Labute approximate surface area is 150 Å². The summed E-state index contributed by atoms with van der Waals surface area (Å²) < 4.78 is 5.25. The highest BCUT2D eigenvalue weighted by atomic mass is 16.8. The predicted molar refractivity (Wildman–Crippen MR) is 91.1 cm³/mol. The normalized spacial score (nSPS) is 16.2.